The van der Waals surface area contributed by atoms with Crippen LogP contribution < -0.4 is 23.7 Å². The number of pyridine rings is 1. The number of hydrogen-bond acceptors (Lipinski definition) is 7. The first-order valence-electron chi connectivity index (χ1n) is 11.8. The van der Waals surface area contributed by atoms with E-state index in [0.717, 1.165) is 63.6 Å². The number of benzene rings is 3. The third kappa shape index (κ3) is 3.60. The summed E-state index contributed by atoms with van der Waals surface area (Å²) in [7, 11) is 3.30. The quantitative estimate of drug-likeness (QED) is 0.369. The van der Waals surface area contributed by atoms with Gasteiger partial charge >= 0.3 is 0 Å². The Balaban J connectivity index is 1.51. The second kappa shape index (κ2) is 8.72. The highest BCUT2D eigenvalue weighted by atomic mass is 16.7. The molecule has 34 heavy (non-hydrogen) atoms. The van der Waals surface area contributed by atoms with Gasteiger partial charge in [-0.3, -0.25) is 4.90 Å². The molecule has 7 nitrogen and oxygen atoms in total. The largest absolute Gasteiger partial charge is 0.493 e. The molecule has 0 spiro atoms. The Morgan fingerprint density at radius 3 is 2.32 bits per heavy atom. The van der Waals surface area contributed by atoms with E-state index in [1.807, 2.05) is 24.3 Å². The van der Waals surface area contributed by atoms with Crippen LogP contribution in [0.2, 0.25) is 0 Å². The average molecular weight is 461 g/mol. The molecule has 1 aromatic heterocycles. The van der Waals surface area contributed by atoms with Crippen LogP contribution in [0.4, 0.5) is 0 Å². The molecule has 0 amide bonds. The van der Waals surface area contributed by atoms with Crippen molar-refractivity contribution in [2.45, 2.75) is 19.3 Å². The predicted octanol–water partition coefficient (Wildman–Crippen LogP) is 5.15. The third-order valence-corrected chi connectivity index (χ3v) is 6.84. The molecule has 1 saturated heterocycles. The molecule has 3 aromatic carbocycles. The first-order chi connectivity index (χ1) is 16.7. The van der Waals surface area contributed by atoms with Gasteiger partial charge in [-0.15, -0.1) is 0 Å². The first-order valence-corrected chi connectivity index (χ1v) is 11.8. The zero-order chi connectivity index (χ0) is 23.1. The molecule has 4 aromatic rings. The fraction of sp³-hybridized carbons (Fsp3) is 0.370. The second-order valence-electron chi connectivity index (χ2n) is 8.81. The highest BCUT2D eigenvalue weighted by Crippen LogP contribution is 2.43. The van der Waals surface area contributed by atoms with Crippen LogP contribution in [0.15, 0.2) is 36.4 Å². The molecule has 2 aliphatic heterocycles. The van der Waals surface area contributed by atoms with Crippen molar-refractivity contribution in [2.75, 3.05) is 47.3 Å². The van der Waals surface area contributed by atoms with E-state index in [4.69, 9.17) is 28.7 Å². The van der Waals surface area contributed by atoms with Gasteiger partial charge in [0.25, 0.3) is 0 Å². The highest BCUT2D eigenvalue weighted by Gasteiger charge is 2.20. The van der Waals surface area contributed by atoms with Gasteiger partial charge in [0.1, 0.15) is 6.61 Å². The number of piperidine rings is 1. The lowest BCUT2D eigenvalue weighted by atomic mass is 10.0. The van der Waals surface area contributed by atoms with Crippen LogP contribution in [-0.2, 0) is 0 Å². The normalized spacial score (nSPS) is 15.8. The van der Waals surface area contributed by atoms with Gasteiger partial charge in [-0.2, -0.15) is 0 Å². The number of hydrogen-bond donors (Lipinski definition) is 0. The van der Waals surface area contributed by atoms with Crippen LogP contribution in [0, 0.1) is 0 Å². The molecule has 1 fully saturated rings. The van der Waals surface area contributed by atoms with E-state index in [2.05, 4.69) is 17.0 Å². The fourth-order valence-electron chi connectivity index (χ4n) is 5.04. The minimum Gasteiger partial charge on any atom is -0.493 e. The van der Waals surface area contributed by atoms with Gasteiger partial charge < -0.3 is 23.7 Å². The smallest absolute Gasteiger partial charge is 0.231 e. The monoisotopic (exact) mass is 460 g/mol. The van der Waals surface area contributed by atoms with Crippen LogP contribution in [0.25, 0.3) is 32.4 Å². The molecule has 0 N–H and O–H groups in total. The Morgan fingerprint density at radius 2 is 1.56 bits per heavy atom. The molecule has 176 valence electrons. The molecular formula is C27H28N2O5. The van der Waals surface area contributed by atoms with Gasteiger partial charge in [-0.25, -0.2) is 4.98 Å². The van der Waals surface area contributed by atoms with Crippen molar-refractivity contribution in [3.63, 3.8) is 0 Å². The number of nitrogens with zero attached hydrogens (tertiary/aromatic N) is 2. The summed E-state index contributed by atoms with van der Waals surface area (Å²) in [5.41, 5.74) is 0.864. The van der Waals surface area contributed by atoms with E-state index in [1.54, 1.807) is 14.2 Å². The Kier molecular flexibility index (Phi) is 5.41. The Morgan fingerprint density at radius 1 is 0.824 bits per heavy atom. The van der Waals surface area contributed by atoms with Gasteiger partial charge in [0.2, 0.25) is 12.7 Å². The Labute approximate surface area is 198 Å². The fourth-order valence-corrected chi connectivity index (χ4v) is 5.04. The van der Waals surface area contributed by atoms with E-state index >= 15 is 0 Å². The standard InChI is InChI=1S/C27H28N2O5/c1-30-22-14-20-18-7-6-17-12-24-25(34-16-33-24)13-19(17)26(18)28-27(21(20)15-23(22)31-2)32-11-10-29-8-4-3-5-9-29/h6-7,12-15H,3-5,8-11,16H2,1-2H3. The maximum Gasteiger partial charge on any atom is 0.231 e. The van der Waals surface area contributed by atoms with Crippen molar-refractivity contribution >= 4 is 32.4 Å². The van der Waals surface area contributed by atoms with Crippen LogP contribution >= 0.6 is 0 Å². The van der Waals surface area contributed by atoms with Crippen LogP contribution in [0.5, 0.6) is 28.9 Å². The topological polar surface area (TPSA) is 62.3 Å². The van der Waals surface area contributed by atoms with Crippen molar-refractivity contribution in [1.29, 1.82) is 0 Å². The van der Waals surface area contributed by atoms with Gasteiger partial charge in [0.15, 0.2) is 23.0 Å². The summed E-state index contributed by atoms with van der Waals surface area (Å²) in [4.78, 5) is 7.50. The van der Waals surface area contributed by atoms with E-state index in [0.29, 0.717) is 24.0 Å². The molecular weight excluding hydrogens is 432 g/mol. The summed E-state index contributed by atoms with van der Waals surface area (Å²) >= 11 is 0. The molecule has 0 unspecified atom stereocenters. The van der Waals surface area contributed by atoms with Crippen molar-refractivity contribution < 1.29 is 23.7 Å². The number of fused-ring (bicyclic) bond motifs is 6. The summed E-state index contributed by atoms with van der Waals surface area (Å²) in [5, 5.41) is 4.98. The van der Waals surface area contributed by atoms with E-state index < -0.39 is 0 Å². The lowest BCUT2D eigenvalue weighted by Gasteiger charge is -2.26. The zero-order valence-corrected chi connectivity index (χ0v) is 19.6. The van der Waals surface area contributed by atoms with Gasteiger partial charge in [-0.1, -0.05) is 18.6 Å². The molecule has 0 saturated carbocycles. The van der Waals surface area contributed by atoms with Crippen LogP contribution in [0.1, 0.15) is 19.3 Å². The van der Waals surface area contributed by atoms with Gasteiger partial charge in [0, 0.05) is 28.1 Å². The predicted molar refractivity (Wildman–Crippen MR) is 132 cm³/mol. The molecule has 3 heterocycles. The summed E-state index contributed by atoms with van der Waals surface area (Å²) in [5.74, 6) is 3.43. The van der Waals surface area contributed by atoms with Crippen molar-refractivity contribution in [2.24, 2.45) is 0 Å². The highest BCUT2D eigenvalue weighted by molar-refractivity contribution is 6.17. The maximum atomic E-state index is 6.34. The molecule has 0 atom stereocenters. The summed E-state index contributed by atoms with van der Waals surface area (Å²) < 4.78 is 28.8. The first kappa shape index (κ1) is 21.1. The lowest BCUT2D eigenvalue weighted by molar-refractivity contribution is 0.174. The zero-order valence-electron chi connectivity index (χ0n) is 19.6. The molecule has 2 aliphatic rings. The Hall–Kier alpha value is -3.45. The Bertz CT molecular complexity index is 1380. The number of ether oxygens (including phenoxy) is 5. The minimum atomic E-state index is 0.238. The van der Waals surface area contributed by atoms with Gasteiger partial charge in [-0.05, 0) is 55.6 Å². The summed E-state index contributed by atoms with van der Waals surface area (Å²) in [6.07, 6.45) is 3.84. The summed E-state index contributed by atoms with van der Waals surface area (Å²) in [6.45, 7) is 3.99. The lowest BCUT2D eigenvalue weighted by Crippen LogP contribution is -2.33. The van der Waals surface area contributed by atoms with E-state index in [9.17, 15) is 0 Å². The van der Waals surface area contributed by atoms with Crippen molar-refractivity contribution in [1.82, 2.24) is 9.88 Å². The van der Waals surface area contributed by atoms with E-state index in [-0.39, 0.29) is 6.79 Å². The number of methoxy groups -OCH3 is 2. The SMILES string of the molecule is COc1cc2c(OCCN3CCCCC3)nc3c4cc5c(cc4ccc3c2cc1OC)OCO5. The van der Waals surface area contributed by atoms with Crippen LogP contribution in [0.3, 0.4) is 0 Å². The van der Waals surface area contributed by atoms with Crippen molar-refractivity contribution in [3.8, 4) is 28.9 Å². The third-order valence-electron chi connectivity index (χ3n) is 6.84. The molecule has 0 bridgehead atoms. The molecule has 0 radical (unpaired) electrons. The molecule has 0 aliphatic carbocycles. The average Bonchev–Trinajstić information content (AvgIpc) is 3.34. The molecule has 6 rings (SSSR count). The number of likely N-dealkylation sites (tertiary alicyclic amines) is 1. The van der Waals surface area contributed by atoms with Crippen molar-refractivity contribution in [3.05, 3.63) is 36.4 Å². The minimum absolute atomic E-state index is 0.238. The second-order valence-corrected chi connectivity index (χ2v) is 8.81. The molecule has 7 heteroatoms. The maximum absolute atomic E-state index is 6.34. The van der Waals surface area contributed by atoms with Crippen LogP contribution in [-0.4, -0.2) is 57.1 Å². The van der Waals surface area contributed by atoms with Gasteiger partial charge in [0.05, 0.1) is 19.7 Å². The number of rotatable bonds is 6. The summed E-state index contributed by atoms with van der Waals surface area (Å²) in [6, 6.07) is 12.2. The van der Waals surface area contributed by atoms with E-state index in [1.165, 1.54) is 19.3 Å². The number of aromatic nitrogens is 1.